The van der Waals surface area contributed by atoms with Gasteiger partial charge in [0.05, 0.1) is 28.7 Å². The number of hydrogen-bond acceptors (Lipinski definition) is 7. The monoisotopic (exact) mass is 599 g/mol. The summed E-state index contributed by atoms with van der Waals surface area (Å²) in [5, 5.41) is 0. The molecule has 8 nitrogen and oxygen atoms in total. The topological polar surface area (TPSA) is 107 Å². The van der Waals surface area contributed by atoms with Crippen molar-refractivity contribution in [2.75, 3.05) is 11.5 Å². The number of Topliss-reactive ketones (excluding diaryl/α,β-unsaturated/α-hetero) is 1. The summed E-state index contributed by atoms with van der Waals surface area (Å²) in [6, 6.07) is 30.9. The normalized spacial score (nSPS) is 23.1. The van der Waals surface area contributed by atoms with Crippen LogP contribution in [0.4, 0.5) is 5.69 Å². The van der Waals surface area contributed by atoms with E-state index in [1.165, 1.54) is 46.9 Å². The number of rotatable bonds is 8. The highest BCUT2D eigenvalue weighted by Gasteiger charge is 2.64. The van der Waals surface area contributed by atoms with E-state index in [0.717, 1.165) is 12.8 Å². The summed E-state index contributed by atoms with van der Waals surface area (Å²) in [5.74, 6) is -2.00. The number of amides is 2. The van der Waals surface area contributed by atoms with Gasteiger partial charge in [0.1, 0.15) is 5.75 Å². The van der Waals surface area contributed by atoms with Crippen molar-refractivity contribution in [2.45, 2.75) is 18.8 Å². The van der Waals surface area contributed by atoms with Gasteiger partial charge < -0.3 is 9.47 Å². The first kappa shape index (κ1) is 28.4. The van der Waals surface area contributed by atoms with Crippen LogP contribution in [0.1, 0.15) is 55.4 Å². The van der Waals surface area contributed by atoms with E-state index < -0.39 is 24.3 Å². The first-order chi connectivity index (χ1) is 21.9. The lowest BCUT2D eigenvalue weighted by atomic mass is 9.73. The molecule has 2 saturated carbocycles. The highest BCUT2D eigenvalue weighted by atomic mass is 16.5. The van der Waals surface area contributed by atoms with E-state index in [2.05, 4.69) is 12.1 Å². The smallest absolute Gasteiger partial charge is 0.343 e. The van der Waals surface area contributed by atoms with Gasteiger partial charge in [-0.2, -0.15) is 0 Å². The Morgan fingerprint density at radius 2 is 1.33 bits per heavy atom. The van der Waals surface area contributed by atoms with Crippen LogP contribution >= 0.6 is 0 Å². The molecule has 7 rings (SSSR count). The molecule has 5 atom stereocenters. The van der Waals surface area contributed by atoms with Crippen molar-refractivity contribution in [3.05, 3.63) is 131 Å². The summed E-state index contributed by atoms with van der Waals surface area (Å²) < 4.78 is 10.6. The first-order valence-corrected chi connectivity index (χ1v) is 15.0. The zero-order chi connectivity index (χ0) is 31.1. The number of hydrogen-bond donors (Lipinski definition) is 0. The van der Waals surface area contributed by atoms with Crippen LogP contribution in [-0.4, -0.2) is 36.1 Å². The van der Waals surface area contributed by atoms with E-state index >= 15 is 0 Å². The third-order valence-electron chi connectivity index (χ3n) is 9.31. The molecule has 0 aromatic heterocycles. The zero-order valence-corrected chi connectivity index (χ0v) is 24.2. The fourth-order valence-electron chi connectivity index (χ4n) is 7.32. The van der Waals surface area contributed by atoms with E-state index in [1.807, 2.05) is 18.2 Å². The van der Waals surface area contributed by atoms with E-state index in [-0.39, 0.29) is 58.3 Å². The Bertz CT molecular complexity index is 1800. The number of fused-ring (bicyclic) bond motifs is 5. The van der Waals surface area contributed by atoms with Gasteiger partial charge in [0.15, 0.2) is 12.4 Å². The van der Waals surface area contributed by atoms with Crippen LogP contribution < -0.4 is 9.64 Å². The molecule has 0 unspecified atom stereocenters. The zero-order valence-electron chi connectivity index (χ0n) is 24.2. The van der Waals surface area contributed by atoms with Gasteiger partial charge in [-0.25, -0.2) is 9.59 Å². The van der Waals surface area contributed by atoms with Crippen molar-refractivity contribution in [1.82, 2.24) is 0 Å². The number of ketones is 1. The van der Waals surface area contributed by atoms with E-state index in [1.54, 1.807) is 42.5 Å². The Labute approximate surface area is 259 Å². The van der Waals surface area contributed by atoms with E-state index in [0.29, 0.717) is 11.3 Å². The third-order valence-corrected chi connectivity index (χ3v) is 9.31. The first-order valence-electron chi connectivity index (χ1n) is 15.0. The lowest BCUT2D eigenvalue weighted by Crippen LogP contribution is -2.33. The summed E-state index contributed by atoms with van der Waals surface area (Å²) in [6.45, 7) is -0.512. The largest absolute Gasteiger partial charge is 0.454 e. The summed E-state index contributed by atoms with van der Waals surface area (Å²) in [5.41, 5.74) is 2.35. The lowest BCUT2D eigenvalue weighted by molar-refractivity contribution is -0.123. The number of esters is 2. The predicted molar refractivity (Wildman–Crippen MR) is 164 cm³/mol. The number of anilines is 1. The van der Waals surface area contributed by atoms with Gasteiger partial charge in [-0.05, 0) is 90.8 Å². The third kappa shape index (κ3) is 5.22. The molecule has 45 heavy (non-hydrogen) atoms. The SMILES string of the molecule is O=C(COC(=O)c1cccc(N2C(=O)[C@@H]3[C@H]4C[C@H]([C@H]3C2=O)[C@@H](c2ccccc2)C4)c1)c1ccc(OC(=O)c2ccccc2)cc1. The van der Waals surface area contributed by atoms with Gasteiger partial charge in [0, 0.05) is 5.56 Å². The molecular weight excluding hydrogens is 570 g/mol. The number of benzene rings is 4. The van der Waals surface area contributed by atoms with Crippen LogP contribution in [0, 0.1) is 23.7 Å². The quantitative estimate of drug-likeness (QED) is 0.108. The Balaban J connectivity index is 0.985. The minimum atomic E-state index is -0.748. The van der Waals surface area contributed by atoms with Crippen molar-refractivity contribution in [3.8, 4) is 5.75 Å². The molecule has 0 spiro atoms. The standard InChI is InChI=1S/C37H29NO7/c39-31(23-14-16-28(17-15-23)45-37(43)24-10-5-2-6-11-24)21-44-36(42)25-12-7-13-27(18-25)38-34(40)32-26-19-29(22-8-3-1-4-9-22)30(20-26)33(32)35(38)41/h1-18,26,29-30,32-33H,19-21H2/t26-,29-,30+,32-,33-/m1/s1. The maximum atomic E-state index is 13.7. The van der Waals surface area contributed by atoms with Crippen LogP contribution in [0.25, 0.3) is 0 Å². The molecule has 8 heteroatoms. The molecule has 0 N–H and O–H groups in total. The molecule has 2 amide bonds. The molecule has 2 bridgehead atoms. The second-order valence-corrected chi connectivity index (χ2v) is 11.8. The van der Waals surface area contributed by atoms with Crippen molar-refractivity contribution >= 4 is 35.2 Å². The molecule has 224 valence electrons. The summed E-state index contributed by atoms with van der Waals surface area (Å²) >= 11 is 0. The fourth-order valence-corrected chi connectivity index (χ4v) is 7.32. The molecule has 1 saturated heterocycles. The summed E-state index contributed by atoms with van der Waals surface area (Å²) in [6.07, 6.45) is 1.77. The molecule has 0 radical (unpaired) electrons. The van der Waals surface area contributed by atoms with Crippen molar-refractivity contribution in [2.24, 2.45) is 23.7 Å². The van der Waals surface area contributed by atoms with Crippen LogP contribution in [0.15, 0.2) is 109 Å². The fraction of sp³-hybridized carbons (Fsp3) is 0.216. The van der Waals surface area contributed by atoms with Crippen LogP contribution in [0.5, 0.6) is 5.75 Å². The molecule has 4 aromatic carbocycles. The summed E-state index contributed by atoms with van der Waals surface area (Å²) in [7, 11) is 0. The van der Waals surface area contributed by atoms with Crippen molar-refractivity contribution in [1.29, 1.82) is 0 Å². The number of imide groups is 1. The van der Waals surface area contributed by atoms with Gasteiger partial charge >= 0.3 is 11.9 Å². The minimum Gasteiger partial charge on any atom is -0.454 e. The minimum absolute atomic E-state index is 0.119. The second-order valence-electron chi connectivity index (χ2n) is 11.8. The number of carbonyl (C=O) groups excluding carboxylic acids is 5. The number of ether oxygens (including phenoxy) is 2. The van der Waals surface area contributed by atoms with E-state index in [4.69, 9.17) is 9.47 Å². The average Bonchev–Trinajstić information content (AvgIpc) is 3.75. The second kappa shape index (κ2) is 11.6. The van der Waals surface area contributed by atoms with Crippen LogP contribution in [-0.2, 0) is 14.3 Å². The molecule has 3 fully saturated rings. The van der Waals surface area contributed by atoms with Gasteiger partial charge in [0.2, 0.25) is 11.8 Å². The summed E-state index contributed by atoms with van der Waals surface area (Å²) in [4.78, 5) is 66.4. The highest BCUT2D eigenvalue weighted by molar-refractivity contribution is 6.23. The van der Waals surface area contributed by atoms with Gasteiger partial charge in [-0.1, -0.05) is 54.6 Å². The Morgan fingerprint density at radius 3 is 2.07 bits per heavy atom. The maximum absolute atomic E-state index is 13.7. The van der Waals surface area contributed by atoms with Gasteiger partial charge in [0.25, 0.3) is 0 Å². The Hall–Kier alpha value is -5.37. The molecule has 1 heterocycles. The van der Waals surface area contributed by atoms with Gasteiger partial charge in [-0.3, -0.25) is 19.3 Å². The average molecular weight is 600 g/mol. The molecule has 2 aliphatic carbocycles. The molecule has 1 aliphatic heterocycles. The molecular formula is C37H29NO7. The van der Waals surface area contributed by atoms with Gasteiger partial charge in [-0.15, -0.1) is 0 Å². The van der Waals surface area contributed by atoms with Crippen LogP contribution in [0.3, 0.4) is 0 Å². The van der Waals surface area contributed by atoms with Crippen molar-refractivity contribution in [3.63, 3.8) is 0 Å². The predicted octanol–water partition coefficient (Wildman–Crippen LogP) is 5.87. The van der Waals surface area contributed by atoms with Crippen LogP contribution in [0.2, 0.25) is 0 Å². The Morgan fingerprint density at radius 1 is 0.667 bits per heavy atom. The lowest BCUT2D eigenvalue weighted by Gasteiger charge is -2.28. The number of nitrogens with zero attached hydrogens (tertiary/aromatic N) is 1. The Kier molecular flexibility index (Phi) is 7.33. The number of carbonyl (C=O) groups is 5. The maximum Gasteiger partial charge on any atom is 0.343 e. The van der Waals surface area contributed by atoms with E-state index in [9.17, 15) is 24.0 Å². The van der Waals surface area contributed by atoms with Crippen molar-refractivity contribution < 1.29 is 33.4 Å². The highest BCUT2D eigenvalue weighted by Crippen LogP contribution is 2.61. The molecule has 3 aliphatic rings. The molecule has 4 aromatic rings.